The second-order valence-corrected chi connectivity index (χ2v) is 4.56. The highest BCUT2D eigenvalue weighted by Gasteiger charge is 2.32. The summed E-state index contributed by atoms with van der Waals surface area (Å²) in [5, 5.41) is 0. The molecule has 106 valence electrons. The second-order valence-electron chi connectivity index (χ2n) is 4.56. The van der Waals surface area contributed by atoms with E-state index in [9.17, 15) is 13.2 Å². The largest absolute Gasteiger partial charge is 0.417 e. The Morgan fingerprint density at radius 2 is 1.89 bits per heavy atom. The monoisotopic (exact) mass is 274 g/mol. The van der Waals surface area contributed by atoms with Gasteiger partial charge in [-0.05, 0) is 12.6 Å². The van der Waals surface area contributed by atoms with Crippen LogP contribution in [0, 0.1) is 0 Å². The van der Waals surface area contributed by atoms with Gasteiger partial charge in [-0.25, -0.2) is 4.98 Å². The van der Waals surface area contributed by atoms with Crippen LogP contribution >= 0.6 is 0 Å². The lowest BCUT2D eigenvalue weighted by molar-refractivity contribution is -0.137. The highest BCUT2D eigenvalue weighted by molar-refractivity contribution is 5.63. The number of hydrogen-bond acceptors (Lipinski definition) is 4. The lowest BCUT2D eigenvalue weighted by Crippen LogP contribution is -2.46. The molecule has 1 aromatic heterocycles. The number of halogens is 3. The standard InChI is InChI=1S/C12H17F3N4/c1-2-18-3-5-19(6-4-18)11-10(16)7-9(8-17-11)12(13,14)15/h7-8H,2-6,16H2,1H3. The van der Waals surface area contributed by atoms with Gasteiger partial charge in [0, 0.05) is 32.4 Å². The quantitative estimate of drug-likeness (QED) is 0.893. The van der Waals surface area contributed by atoms with Crippen LogP contribution in [0.4, 0.5) is 24.7 Å². The molecule has 1 saturated heterocycles. The molecule has 2 rings (SSSR count). The Labute approximate surface area is 110 Å². The lowest BCUT2D eigenvalue weighted by Gasteiger charge is -2.35. The maximum absolute atomic E-state index is 12.5. The number of piperazine rings is 1. The minimum atomic E-state index is -4.40. The van der Waals surface area contributed by atoms with E-state index in [1.54, 1.807) is 0 Å². The summed E-state index contributed by atoms with van der Waals surface area (Å²) in [7, 11) is 0. The zero-order chi connectivity index (χ0) is 14.0. The molecule has 0 aliphatic carbocycles. The van der Waals surface area contributed by atoms with Crippen LogP contribution < -0.4 is 10.6 Å². The Morgan fingerprint density at radius 1 is 1.26 bits per heavy atom. The van der Waals surface area contributed by atoms with Gasteiger partial charge in [0.2, 0.25) is 0 Å². The van der Waals surface area contributed by atoms with Crippen LogP contribution in [0.2, 0.25) is 0 Å². The second kappa shape index (κ2) is 5.24. The van der Waals surface area contributed by atoms with Crippen molar-refractivity contribution in [2.45, 2.75) is 13.1 Å². The first kappa shape index (κ1) is 13.9. The van der Waals surface area contributed by atoms with Crippen molar-refractivity contribution in [1.82, 2.24) is 9.88 Å². The van der Waals surface area contributed by atoms with Crippen LogP contribution in [0.5, 0.6) is 0 Å². The topological polar surface area (TPSA) is 45.4 Å². The van der Waals surface area contributed by atoms with E-state index >= 15 is 0 Å². The zero-order valence-corrected chi connectivity index (χ0v) is 10.7. The van der Waals surface area contributed by atoms with Gasteiger partial charge in [0.05, 0.1) is 11.3 Å². The number of nitrogens with zero attached hydrogens (tertiary/aromatic N) is 3. The first-order chi connectivity index (χ1) is 8.91. The summed E-state index contributed by atoms with van der Waals surface area (Å²) in [6, 6.07) is 0.953. The van der Waals surface area contributed by atoms with Gasteiger partial charge in [0.1, 0.15) is 0 Å². The van der Waals surface area contributed by atoms with Gasteiger partial charge in [-0.3, -0.25) is 0 Å². The number of aromatic nitrogens is 1. The van der Waals surface area contributed by atoms with Gasteiger partial charge in [-0.2, -0.15) is 13.2 Å². The Balaban J connectivity index is 2.14. The van der Waals surface area contributed by atoms with Crippen molar-refractivity contribution in [2.75, 3.05) is 43.4 Å². The minimum absolute atomic E-state index is 0.0831. The van der Waals surface area contributed by atoms with E-state index < -0.39 is 11.7 Å². The summed E-state index contributed by atoms with van der Waals surface area (Å²) < 4.78 is 37.6. The number of anilines is 2. The predicted molar refractivity (Wildman–Crippen MR) is 68.0 cm³/mol. The molecule has 0 spiro atoms. The molecule has 19 heavy (non-hydrogen) atoms. The molecule has 0 aromatic carbocycles. The van der Waals surface area contributed by atoms with Gasteiger partial charge in [-0.15, -0.1) is 0 Å². The number of alkyl halides is 3. The third-order valence-corrected chi connectivity index (χ3v) is 3.34. The fraction of sp³-hybridized carbons (Fsp3) is 0.583. The molecule has 0 bridgehead atoms. The predicted octanol–water partition coefficient (Wildman–Crippen LogP) is 1.82. The van der Waals surface area contributed by atoms with Crippen LogP contribution in [0.3, 0.4) is 0 Å². The smallest absolute Gasteiger partial charge is 0.396 e. The highest BCUT2D eigenvalue weighted by atomic mass is 19.4. The normalized spacial score (nSPS) is 17.8. The van der Waals surface area contributed by atoms with E-state index in [1.807, 2.05) is 4.90 Å². The molecule has 1 aliphatic rings. The third kappa shape index (κ3) is 3.09. The molecule has 7 heteroatoms. The number of nitrogen functional groups attached to an aromatic ring is 1. The molecule has 1 aromatic rings. The first-order valence-corrected chi connectivity index (χ1v) is 6.22. The maximum atomic E-state index is 12.5. The Kier molecular flexibility index (Phi) is 3.84. The minimum Gasteiger partial charge on any atom is -0.396 e. The van der Waals surface area contributed by atoms with Crippen molar-refractivity contribution >= 4 is 11.5 Å². The summed E-state index contributed by atoms with van der Waals surface area (Å²) in [4.78, 5) is 8.09. The molecule has 0 radical (unpaired) electrons. The molecule has 0 amide bonds. The number of likely N-dealkylation sites (N-methyl/N-ethyl adjacent to an activating group) is 1. The van der Waals surface area contributed by atoms with Gasteiger partial charge in [0.25, 0.3) is 0 Å². The van der Waals surface area contributed by atoms with Crippen molar-refractivity contribution in [2.24, 2.45) is 0 Å². The zero-order valence-electron chi connectivity index (χ0n) is 10.7. The molecule has 1 aliphatic heterocycles. The van der Waals surface area contributed by atoms with Gasteiger partial charge in [0.15, 0.2) is 5.82 Å². The van der Waals surface area contributed by atoms with Gasteiger partial charge >= 0.3 is 6.18 Å². The summed E-state index contributed by atoms with van der Waals surface area (Å²) in [6.07, 6.45) is -3.56. The Bertz CT molecular complexity index is 439. The molecular weight excluding hydrogens is 257 g/mol. The fourth-order valence-corrected chi connectivity index (χ4v) is 2.17. The summed E-state index contributed by atoms with van der Waals surface area (Å²) in [5.74, 6) is 0.448. The number of nitrogens with two attached hydrogens (primary N) is 1. The van der Waals surface area contributed by atoms with Crippen molar-refractivity contribution in [3.63, 3.8) is 0 Å². The molecule has 0 atom stereocenters. The van der Waals surface area contributed by atoms with Crippen LogP contribution in [0.15, 0.2) is 12.3 Å². The van der Waals surface area contributed by atoms with Crippen LogP contribution in [-0.2, 0) is 6.18 Å². The van der Waals surface area contributed by atoms with E-state index in [2.05, 4.69) is 16.8 Å². The van der Waals surface area contributed by atoms with Crippen molar-refractivity contribution in [3.8, 4) is 0 Å². The van der Waals surface area contributed by atoms with Gasteiger partial charge in [-0.1, -0.05) is 6.92 Å². The van der Waals surface area contributed by atoms with Crippen LogP contribution in [0.1, 0.15) is 12.5 Å². The average molecular weight is 274 g/mol. The number of hydrogen-bond donors (Lipinski definition) is 1. The lowest BCUT2D eigenvalue weighted by atomic mass is 10.2. The number of rotatable bonds is 2. The van der Waals surface area contributed by atoms with Crippen molar-refractivity contribution < 1.29 is 13.2 Å². The maximum Gasteiger partial charge on any atom is 0.417 e. The molecule has 4 nitrogen and oxygen atoms in total. The fourth-order valence-electron chi connectivity index (χ4n) is 2.17. The molecule has 2 heterocycles. The van der Waals surface area contributed by atoms with Crippen molar-refractivity contribution in [1.29, 1.82) is 0 Å². The highest BCUT2D eigenvalue weighted by Crippen LogP contribution is 2.32. The van der Waals surface area contributed by atoms with Gasteiger partial charge < -0.3 is 15.5 Å². The van der Waals surface area contributed by atoms with E-state index in [0.29, 0.717) is 5.82 Å². The average Bonchev–Trinajstić information content (AvgIpc) is 2.38. The molecule has 0 saturated carbocycles. The third-order valence-electron chi connectivity index (χ3n) is 3.34. The molecular formula is C12H17F3N4. The first-order valence-electron chi connectivity index (χ1n) is 6.22. The Hall–Kier alpha value is -1.50. The van der Waals surface area contributed by atoms with Crippen LogP contribution in [-0.4, -0.2) is 42.6 Å². The van der Waals surface area contributed by atoms with E-state index in [1.165, 1.54) is 0 Å². The van der Waals surface area contributed by atoms with E-state index in [4.69, 9.17) is 5.73 Å². The summed E-state index contributed by atoms with van der Waals surface area (Å²) in [5.41, 5.74) is 4.98. The molecule has 1 fully saturated rings. The van der Waals surface area contributed by atoms with E-state index in [-0.39, 0.29) is 5.69 Å². The summed E-state index contributed by atoms with van der Waals surface area (Å²) in [6.45, 7) is 6.27. The van der Waals surface area contributed by atoms with Crippen LogP contribution in [0.25, 0.3) is 0 Å². The summed E-state index contributed by atoms with van der Waals surface area (Å²) >= 11 is 0. The molecule has 0 unspecified atom stereocenters. The molecule has 2 N–H and O–H groups in total. The Morgan fingerprint density at radius 3 is 2.37 bits per heavy atom. The number of pyridine rings is 1. The SMILES string of the molecule is CCN1CCN(c2ncc(C(F)(F)F)cc2N)CC1. The van der Waals surface area contributed by atoms with E-state index in [0.717, 1.165) is 45.0 Å². The van der Waals surface area contributed by atoms with Crippen molar-refractivity contribution in [3.05, 3.63) is 17.8 Å².